The molecular weight excluding hydrogens is 392 g/mol. The second-order valence-corrected chi connectivity index (χ2v) is 7.25. The number of ether oxygens (including phenoxy) is 6. The molecule has 0 amide bonds. The van der Waals surface area contributed by atoms with E-state index in [2.05, 4.69) is 0 Å². The standard InChI is InChI=1S/C22H20O8/c23-21(13-5-3-9-17-19(13)27-11-25-17)29-15-7-1-2-8-16(15)30-22(24)14-6-4-10-18-20(14)28-12-26-18/h3-6,9-10,15-16H,1-2,7-8,11-12H2. The van der Waals surface area contributed by atoms with Crippen LogP contribution in [0.15, 0.2) is 36.4 Å². The average molecular weight is 412 g/mol. The van der Waals surface area contributed by atoms with Gasteiger partial charge in [0.1, 0.15) is 23.3 Å². The van der Waals surface area contributed by atoms with Gasteiger partial charge in [0, 0.05) is 0 Å². The zero-order valence-electron chi connectivity index (χ0n) is 16.1. The van der Waals surface area contributed by atoms with Gasteiger partial charge in [-0.05, 0) is 49.9 Å². The van der Waals surface area contributed by atoms with Crippen LogP contribution in [0.1, 0.15) is 46.4 Å². The van der Waals surface area contributed by atoms with E-state index in [-0.39, 0.29) is 13.6 Å². The average Bonchev–Trinajstić information content (AvgIpc) is 3.43. The fourth-order valence-corrected chi connectivity index (χ4v) is 3.92. The quantitative estimate of drug-likeness (QED) is 0.706. The lowest BCUT2D eigenvalue weighted by Gasteiger charge is -2.30. The maximum atomic E-state index is 12.8. The predicted octanol–water partition coefficient (Wildman–Crippen LogP) is 3.47. The molecule has 0 radical (unpaired) electrons. The molecule has 8 heteroatoms. The Kier molecular flexibility index (Phi) is 4.82. The van der Waals surface area contributed by atoms with Crippen LogP contribution in [-0.2, 0) is 9.47 Å². The molecule has 2 aliphatic heterocycles. The summed E-state index contributed by atoms with van der Waals surface area (Å²) in [6.45, 7) is 0.132. The van der Waals surface area contributed by atoms with Gasteiger partial charge in [0.25, 0.3) is 0 Å². The van der Waals surface area contributed by atoms with Crippen LogP contribution < -0.4 is 18.9 Å². The SMILES string of the molecule is O=C(OC1CCCCC1OC(=O)c1cccc2c1OCO2)c1cccc2c1OCO2. The molecule has 2 heterocycles. The van der Waals surface area contributed by atoms with E-state index in [1.807, 2.05) is 0 Å². The van der Waals surface area contributed by atoms with E-state index < -0.39 is 24.1 Å². The third-order valence-corrected chi connectivity index (χ3v) is 5.39. The van der Waals surface area contributed by atoms with Gasteiger partial charge >= 0.3 is 11.9 Å². The van der Waals surface area contributed by atoms with Crippen molar-refractivity contribution >= 4 is 11.9 Å². The summed E-state index contributed by atoms with van der Waals surface area (Å²) in [6, 6.07) is 10.1. The van der Waals surface area contributed by atoms with Gasteiger partial charge in [-0.3, -0.25) is 0 Å². The molecule has 0 N–H and O–H groups in total. The highest BCUT2D eigenvalue weighted by Gasteiger charge is 2.34. The number of esters is 2. The summed E-state index contributed by atoms with van der Waals surface area (Å²) in [5.74, 6) is 0.727. The monoisotopic (exact) mass is 412 g/mol. The third kappa shape index (κ3) is 3.38. The van der Waals surface area contributed by atoms with Crippen LogP contribution in [0, 0.1) is 0 Å². The molecule has 3 aliphatic rings. The molecule has 8 nitrogen and oxygen atoms in total. The van der Waals surface area contributed by atoms with Crippen molar-refractivity contribution in [1.29, 1.82) is 0 Å². The van der Waals surface area contributed by atoms with Crippen molar-refractivity contribution in [3.05, 3.63) is 47.5 Å². The van der Waals surface area contributed by atoms with Gasteiger partial charge in [-0.2, -0.15) is 0 Å². The zero-order chi connectivity index (χ0) is 20.5. The highest BCUT2D eigenvalue weighted by atomic mass is 16.7. The Bertz CT molecular complexity index is 906. The van der Waals surface area contributed by atoms with Crippen LogP contribution in [0.25, 0.3) is 0 Å². The Morgan fingerprint density at radius 2 is 1.17 bits per heavy atom. The number of fused-ring (bicyclic) bond motifs is 2. The van der Waals surface area contributed by atoms with E-state index in [0.717, 1.165) is 12.8 Å². The molecule has 2 aromatic carbocycles. The molecule has 0 bridgehead atoms. The molecule has 1 aliphatic carbocycles. The topological polar surface area (TPSA) is 89.5 Å². The minimum Gasteiger partial charge on any atom is -0.455 e. The molecule has 2 unspecified atom stereocenters. The zero-order valence-corrected chi connectivity index (χ0v) is 16.1. The van der Waals surface area contributed by atoms with E-state index in [1.54, 1.807) is 36.4 Å². The number of hydrogen-bond acceptors (Lipinski definition) is 8. The molecule has 1 fully saturated rings. The highest BCUT2D eigenvalue weighted by molar-refractivity contribution is 5.94. The van der Waals surface area contributed by atoms with Crippen molar-refractivity contribution in [2.75, 3.05) is 13.6 Å². The Morgan fingerprint density at radius 1 is 0.700 bits per heavy atom. The van der Waals surface area contributed by atoms with Gasteiger partial charge in [-0.25, -0.2) is 9.59 Å². The Labute approximate surface area is 172 Å². The van der Waals surface area contributed by atoms with Gasteiger partial charge in [0.05, 0.1) is 0 Å². The normalized spacial score (nSPS) is 21.2. The summed E-state index contributed by atoms with van der Waals surface area (Å²) < 4.78 is 32.9. The maximum Gasteiger partial charge on any atom is 0.342 e. The van der Waals surface area contributed by atoms with E-state index in [4.69, 9.17) is 28.4 Å². The van der Waals surface area contributed by atoms with Crippen molar-refractivity contribution in [2.45, 2.75) is 37.9 Å². The smallest absolute Gasteiger partial charge is 0.342 e. The third-order valence-electron chi connectivity index (χ3n) is 5.39. The Hall–Kier alpha value is -3.42. The van der Waals surface area contributed by atoms with Crippen molar-refractivity contribution in [3.63, 3.8) is 0 Å². The number of carbonyl (C=O) groups is 2. The summed E-state index contributed by atoms with van der Waals surface area (Å²) in [6.07, 6.45) is 1.92. The second kappa shape index (κ2) is 7.78. The summed E-state index contributed by atoms with van der Waals surface area (Å²) in [7, 11) is 0. The highest BCUT2D eigenvalue weighted by Crippen LogP contribution is 2.38. The lowest BCUT2D eigenvalue weighted by Crippen LogP contribution is -2.38. The fourth-order valence-electron chi connectivity index (χ4n) is 3.92. The molecule has 5 rings (SSSR count). The summed E-state index contributed by atoms with van der Waals surface area (Å²) in [5.41, 5.74) is 0.596. The first-order chi connectivity index (χ1) is 14.7. The molecule has 30 heavy (non-hydrogen) atoms. The van der Waals surface area contributed by atoms with Gasteiger partial charge in [-0.1, -0.05) is 12.1 Å². The lowest BCUT2D eigenvalue weighted by molar-refractivity contribution is -0.0516. The Morgan fingerprint density at radius 3 is 1.63 bits per heavy atom. The number of benzene rings is 2. The molecule has 0 spiro atoms. The van der Waals surface area contributed by atoms with Gasteiger partial charge in [0.15, 0.2) is 23.0 Å². The molecule has 0 aromatic heterocycles. The first-order valence-electron chi connectivity index (χ1n) is 9.90. The van der Waals surface area contributed by atoms with Crippen LogP contribution >= 0.6 is 0 Å². The molecular formula is C22H20O8. The van der Waals surface area contributed by atoms with Crippen LogP contribution in [-0.4, -0.2) is 37.7 Å². The van der Waals surface area contributed by atoms with Gasteiger partial charge < -0.3 is 28.4 Å². The van der Waals surface area contributed by atoms with Crippen molar-refractivity contribution < 1.29 is 38.0 Å². The number of para-hydroxylation sites is 2. The first-order valence-corrected chi connectivity index (χ1v) is 9.90. The molecule has 2 aromatic rings. The predicted molar refractivity (Wildman–Crippen MR) is 102 cm³/mol. The number of rotatable bonds is 4. The van der Waals surface area contributed by atoms with Gasteiger partial charge in [0.2, 0.25) is 13.6 Å². The first kappa shape index (κ1) is 18.6. The van der Waals surface area contributed by atoms with Crippen molar-refractivity contribution in [1.82, 2.24) is 0 Å². The van der Waals surface area contributed by atoms with E-state index >= 15 is 0 Å². The van der Waals surface area contributed by atoms with E-state index in [0.29, 0.717) is 47.0 Å². The fraction of sp³-hybridized carbons (Fsp3) is 0.364. The maximum absolute atomic E-state index is 12.8. The minimum atomic E-state index is -0.540. The van der Waals surface area contributed by atoms with E-state index in [9.17, 15) is 9.59 Å². The molecule has 1 saturated carbocycles. The van der Waals surface area contributed by atoms with E-state index in [1.165, 1.54) is 0 Å². The van der Waals surface area contributed by atoms with Crippen molar-refractivity contribution in [3.8, 4) is 23.0 Å². The van der Waals surface area contributed by atoms with Crippen LogP contribution in [0.2, 0.25) is 0 Å². The van der Waals surface area contributed by atoms with Crippen molar-refractivity contribution in [2.24, 2.45) is 0 Å². The summed E-state index contributed by atoms with van der Waals surface area (Å²) in [5, 5.41) is 0. The number of hydrogen-bond donors (Lipinski definition) is 0. The Balaban J connectivity index is 1.31. The summed E-state index contributed by atoms with van der Waals surface area (Å²) in [4.78, 5) is 25.6. The van der Waals surface area contributed by atoms with Crippen LogP contribution in [0.3, 0.4) is 0 Å². The minimum absolute atomic E-state index is 0.0659. The lowest BCUT2D eigenvalue weighted by atomic mass is 9.94. The molecule has 2 atom stereocenters. The second-order valence-electron chi connectivity index (χ2n) is 7.25. The summed E-state index contributed by atoms with van der Waals surface area (Å²) >= 11 is 0. The number of carbonyl (C=O) groups excluding carboxylic acids is 2. The largest absolute Gasteiger partial charge is 0.455 e. The molecule has 0 saturated heterocycles. The molecule has 156 valence electrons. The van der Waals surface area contributed by atoms with Gasteiger partial charge in [-0.15, -0.1) is 0 Å². The van der Waals surface area contributed by atoms with Crippen LogP contribution in [0.4, 0.5) is 0 Å². The van der Waals surface area contributed by atoms with Crippen LogP contribution in [0.5, 0.6) is 23.0 Å².